The first-order valence-electron chi connectivity index (χ1n) is 12.8. The van der Waals surface area contributed by atoms with Gasteiger partial charge in [-0.1, -0.05) is 51.3 Å². The van der Waals surface area contributed by atoms with Gasteiger partial charge in [-0.25, -0.2) is 9.37 Å². The van der Waals surface area contributed by atoms with Crippen molar-refractivity contribution >= 4 is 98.4 Å². The number of anilines is 1. The molecule has 2 aromatic heterocycles. The maximum Gasteiger partial charge on any atom is 0.322 e. The van der Waals surface area contributed by atoms with Crippen LogP contribution in [0.5, 0.6) is 0 Å². The molecule has 2 fully saturated rings. The minimum absolute atomic E-state index is 0.0615. The molecule has 14 nitrogen and oxygen atoms in total. The molecule has 0 radical (unpaired) electrons. The maximum absolute atomic E-state index is 13.2. The lowest BCUT2D eigenvalue weighted by Crippen LogP contribution is -2.74. The minimum Gasteiger partial charge on any atom is -0.480 e. The number of carbonyl (C=O) groups is 3. The van der Waals surface area contributed by atoms with Crippen molar-refractivity contribution in [3.63, 3.8) is 0 Å². The van der Waals surface area contributed by atoms with Crippen molar-refractivity contribution < 1.29 is 28.7 Å². The van der Waals surface area contributed by atoms with E-state index in [1.54, 1.807) is 18.8 Å². The van der Waals surface area contributed by atoms with Gasteiger partial charge in [-0.15, -0.1) is 28.6 Å². The predicted octanol–water partition coefficient (Wildman–Crippen LogP) is 1.84. The highest BCUT2D eigenvalue weighted by atomic mass is 35.5. The van der Waals surface area contributed by atoms with Crippen molar-refractivity contribution in [2.75, 3.05) is 44.9 Å². The Morgan fingerprint density at radius 2 is 2.21 bits per heavy atom. The molecule has 0 bridgehead atoms. The number of halogens is 2. The van der Waals surface area contributed by atoms with Gasteiger partial charge in [-0.2, -0.15) is 0 Å². The second-order valence-electron chi connectivity index (χ2n) is 9.11. The number of carboxylic acid groups (broad SMARTS) is 1. The number of aromatic nitrogens is 3. The molecule has 2 aromatic rings. The van der Waals surface area contributed by atoms with Gasteiger partial charge >= 0.3 is 5.97 Å². The number of nitrogens with zero attached hydrogens (tertiary/aromatic N) is 5. The molecule has 6 N–H and O–H groups in total. The van der Waals surface area contributed by atoms with Gasteiger partial charge < -0.3 is 36.5 Å². The third-order valence-electron chi connectivity index (χ3n) is 6.21. The molecule has 43 heavy (non-hydrogen) atoms. The van der Waals surface area contributed by atoms with Crippen LogP contribution in [0.1, 0.15) is 30.6 Å². The van der Waals surface area contributed by atoms with E-state index in [1.807, 2.05) is 13.8 Å². The fourth-order valence-corrected chi connectivity index (χ4v) is 10.3. The number of oxime groups is 1. The van der Waals surface area contributed by atoms with E-state index in [4.69, 9.17) is 22.2 Å². The lowest BCUT2D eigenvalue weighted by Gasteiger charge is -2.53. The number of amides is 2. The van der Waals surface area contributed by atoms with Crippen LogP contribution in [0, 0.1) is 0 Å². The van der Waals surface area contributed by atoms with Crippen LogP contribution in [0.15, 0.2) is 9.36 Å². The third kappa shape index (κ3) is 7.48. The number of rotatable bonds is 15. The molecule has 4 heterocycles. The molecule has 3 unspecified atom stereocenters. The second-order valence-corrected chi connectivity index (χ2v) is 15.7. The summed E-state index contributed by atoms with van der Waals surface area (Å²) < 4.78 is 16.0. The number of nitrogens with one attached hydrogen (secondary N) is 3. The number of hydrogen-bond acceptors (Lipinski definition) is 16. The van der Waals surface area contributed by atoms with Crippen molar-refractivity contribution in [3.8, 4) is 0 Å². The largest absolute Gasteiger partial charge is 0.480 e. The van der Waals surface area contributed by atoms with E-state index in [0.717, 1.165) is 41.2 Å². The summed E-state index contributed by atoms with van der Waals surface area (Å²) in [5.74, 6) is -2.22. The second kappa shape index (κ2) is 14.9. The van der Waals surface area contributed by atoms with Crippen molar-refractivity contribution in [2.24, 2.45) is 5.16 Å². The highest BCUT2D eigenvalue weighted by Gasteiger charge is 2.58. The van der Waals surface area contributed by atoms with Crippen LogP contribution in [-0.4, -0.2) is 109 Å². The number of carbonyl (C=O) groups excluding carboxylic acids is 2. The van der Waals surface area contributed by atoms with E-state index in [0.29, 0.717) is 9.90 Å². The highest BCUT2D eigenvalue weighted by Crippen LogP contribution is 2.49. The summed E-state index contributed by atoms with van der Waals surface area (Å²) in [4.78, 5) is 49.3. The zero-order chi connectivity index (χ0) is 31.3. The molecule has 5 atom stereocenters. The van der Waals surface area contributed by atoms with Crippen molar-refractivity contribution in [1.82, 2.24) is 35.4 Å². The molecule has 0 spiro atoms. The lowest BCUT2D eigenvalue weighted by molar-refractivity contribution is -0.151. The molecular weight excluding hydrogens is 685 g/mol. The van der Waals surface area contributed by atoms with Gasteiger partial charge in [0.25, 0.3) is 5.91 Å². The average Bonchev–Trinajstić information content (AvgIpc) is 3.57. The Balaban J connectivity index is 1.47. The Morgan fingerprint density at radius 1 is 1.44 bits per heavy atom. The number of β-lactam (4-membered cyclic amide) rings is 1. The lowest BCUT2D eigenvalue weighted by atomic mass is 10.0. The van der Waals surface area contributed by atoms with Gasteiger partial charge in [-0.05, 0) is 32.0 Å². The first kappa shape index (κ1) is 33.9. The summed E-state index contributed by atoms with van der Waals surface area (Å²) in [7, 11) is 1.80. The normalized spacial score (nSPS) is 23.3. The van der Waals surface area contributed by atoms with E-state index in [1.165, 1.54) is 16.7 Å². The number of thioether (sulfide) groups is 3. The predicted molar refractivity (Wildman–Crippen MR) is 169 cm³/mol. The van der Waals surface area contributed by atoms with Crippen LogP contribution in [0.3, 0.4) is 0 Å². The third-order valence-corrected chi connectivity index (χ3v) is 12.6. The summed E-state index contributed by atoms with van der Waals surface area (Å²) in [6, 6.07) is -0.964. The van der Waals surface area contributed by atoms with Crippen LogP contribution in [-0.2, 0) is 19.2 Å². The zero-order valence-corrected chi connectivity index (χ0v) is 27.9. The van der Waals surface area contributed by atoms with Crippen LogP contribution in [0.25, 0.3) is 0 Å². The molecule has 2 saturated heterocycles. The molecule has 0 aromatic carbocycles. The van der Waals surface area contributed by atoms with Crippen LogP contribution in [0.4, 0.5) is 9.52 Å². The molecule has 2 aliphatic rings. The monoisotopic (exact) mass is 713 g/mol. The molecule has 0 aliphatic carbocycles. The fraction of sp³-hybridized carbons (Fsp3) is 0.591. The van der Waals surface area contributed by atoms with Gasteiger partial charge in [0.1, 0.15) is 54.8 Å². The zero-order valence-electron chi connectivity index (χ0n) is 23.0. The number of nitrogen functional groups attached to an aromatic ring is 1. The van der Waals surface area contributed by atoms with Gasteiger partial charge in [-0.3, -0.25) is 14.4 Å². The smallest absolute Gasteiger partial charge is 0.322 e. The SMILES string of the molecule is CCNC(C)SC(NC)c1nnsc1SC1(C(=O)O)CS[C@@H]2[C@H](NC(=O)C(=NOCCF)c3nc(N)sc3Cl)C(=O)N2C1. The van der Waals surface area contributed by atoms with Gasteiger partial charge in [0.05, 0.1) is 5.37 Å². The highest BCUT2D eigenvalue weighted by molar-refractivity contribution is 8.06. The number of carboxylic acids is 1. The van der Waals surface area contributed by atoms with E-state index in [2.05, 4.69) is 35.7 Å². The number of nitrogens with two attached hydrogens (primary N) is 1. The Labute approximate surface area is 272 Å². The van der Waals surface area contributed by atoms with Gasteiger partial charge in [0.15, 0.2) is 10.8 Å². The standard InChI is InChI=1S/C22H29ClFN9O5S5/c1-4-27-9(2)40-16(26-3)12-19(43-32-30-12)42-22(20(36)37)7-33-17(35)13(18(33)39-8-22)28-15(34)11(31-38-6-5-24)10-14(23)41-21(25)29-10/h9,13,16,18,26-27H,4-8H2,1-3H3,(H2,25,29)(H,28,34)(H,36,37)/t9?,13-,16?,18-,22?/m1/s1. The molecule has 2 amide bonds. The number of alkyl halides is 1. The first-order valence-corrected chi connectivity index (χ1v) is 17.5. The Bertz CT molecular complexity index is 1370. The Kier molecular flexibility index (Phi) is 11.8. The topological polar surface area (TPSA) is 197 Å². The molecule has 4 rings (SSSR count). The van der Waals surface area contributed by atoms with Crippen LogP contribution < -0.4 is 21.7 Å². The number of fused-ring (bicyclic) bond motifs is 1. The summed E-state index contributed by atoms with van der Waals surface area (Å²) in [6.07, 6.45) is 0. The minimum atomic E-state index is -1.37. The van der Waals surface area contributed by atoms with Crippen LogP contribution >= 0.6 is 69.8 Å². The van der Waals surface area contributed by atoms with Gasteiger partial charge in [0.2, 0.25) is 5.91 Å². The van der Waals surface area contributed by atoms with E-state index < -0.39 is 47.2 Å². The van der Waals surface area contributed by atoms with Gasteiger partial charge in [0, 0.05) is 12.3 Å². The summed E-state index contributed by atoms with van der Waals surface area (Å²) >= 11 is 12.1. The van der Waals surface area contributed by atoms with Crippen molar-refractivity contribution in [2.45, 2.75) is 45.0 Å². The first-order chi connectivity index (χ1) is 20.5. The van der Waals surface area contributed by atoms with Crippen molar-refractivity contribution in [1.29, 1.82) is 0 Å². The fourth-order valence-electron chi connectivity index (χ4n) is 4.20. The summed E-state index contributed by atoms with van der Waals surface area (Å²) in [5.41, 5.74) is 5.90. The molecule has 2 aliphatic heterocycles. The number of aliphatic carboxylic acids is 1. The Hall–Kier alpha value is -1.94. The molecular formula is C22H29ClFN9O5S5. The van der Waals surface area contributed by atoms with E-state index in [-0.39, 0.29) is 43.9 Å². The van der Waals surface area contributed by atoms with E-state index >= 15 is 0 Å². The summed E-state index contributed by atoms with van der Waals surface area (Å²) in [6.45, 7) is 3.50. The molecule has 236 valence electrons. The number of thiazole rings is 1. The quantitative estimate of drug-likeness (QED) is 0.0589. The average molecular weight is 714 g/mol. The van der Waals surface area contributed by atoms with E-state index in [9.17, 15) is 23.9 Å². The maximum atomic E-state index is 13.2. The molecule has 21 heteroatoms. The number of hydrogen-bond donors (Lipinski definition) is 5. The Morgan fingerprint density at radius 3 is 2.84 bits per heavy atom. The van der Waals surface area contributed by atoms with Crippen LogP contribution in [0.2, 0.25) is 4.34 Å². The van der Waals surface area contributed by atoms with Crippen molar-refractivity contribution in [3.05, 3.63) is 15.7 Å². The molecule has 0 saturated carbocycles. The summed E-state index contributed by atoms with van der Waals surface area (Å²) in [5, 5.41) is 26.9.